The maximum Gasteiger partial charge on any atom is 0.0926 e. The van der Waals surface area contributed by atoms with Crippen LogP contribution in [0.25, 0.3) is 0 Å². The minimum Gasteiger partial charge on any atom is -0.251 e. The lowest BCUT2D eigenvalue weighted by atomic mass is 10.4. The summed E-state index contributed by atoms with van der Waals surface area (Å²) >= 11 is 1.74. The van der Waals surface area contributed by atoms with Gasteiger partial charge in [0.15, 0.2) is 0 Å². The molecule has 0 saturated heterocycles. The molecule has 0 rings (SSSR count). The largest absolute Gasteiger partial charge is 0.251 e. The summed E-state index contributed by atoms with van der Waals surface area (Å²) in [4.78, 5) is 0. The van der Waals surface area contributed by atoms with Gasteiger partial charge in [0.2, 0.25) is 0 Å². The fraction of sp³-hybridized carbons (Fsp3) is 0.800. The molecule has 0 aromatic heterocycles. The van der Waals surface area contributed by atoms with Gasteiger partial charge in [0.05, 0.1) is 6.67 Å². The topological polar surface area (TPSA) is 0 Å². The zero-order chi connectivity index (χ0) is 5.54. The van der Waals surface area contributed by atoms with E-state index in [0.29, 0.717) is 0 Å². The second-order valence-electron chi connectivity index (χ2n) is 1.22. The van der Waals surface area contributed by atoms with Gasteiger partial charge in [0.25, 0.3) is 0 Å². The highest BCUT2D eigenvalue weighted by Gasteiger charge is 1.82. The van der Waals surface area contributed by atoms with Gasteiger partial charge < -0.3 is 0 Å². The van der Waals surface area contributed by atoms with Crippen LogP contribution in [0.4, 0.5) is 4.39 Å². The molecule has 0 bridgehead atoms. The smallest absolute Gasteiger partial charge is 0.0926 e. The van der Waals surface area contributed by atoms with Crippen molar-refractivity contribution in [3.8, 4) is 0 Å². The third-order valence-corrected chi connectivity index (χ3v) is 1.28. The molecule has 0 aliphatic heterocycles. The van der Waals surface area contributed by atoms with Crippen molar-refractivity contribution < 1.29 is 4.39 Å². The molecule has 0 aromatic carbocycles. The van der Waals surface area contributed by atoms with E-state index >= 15 is 0 Å². The SMILES string of the molecule is CSCC[CH]CF. The molecule has 0 aliphatic carbocycles. The van der Waals surface area contributed by atoms with Crippen LogP contribution in [0.2, 0.25) is 0 Å². The first-order valence-electron chi connectivity index (χ1n) is 2.28. The van der Waals surface area contributed by atoms with Gasteiger partial charge in [0, 0.05) is 0 Å². The number of hydrogen-bond acceptors (Lipinski definition) is 1. The fourth-order valence-corrected chi connectivity index (χ4v) is 0.681. The average molecular weight is 121 g/mol. The molecule has 0 fully saturated rings. The molecule has 0 unspecified atom stereocenters. The van der Waals surface area contributed by atoms with Crippen LogP contribution in [-0.2, 0) is 0 Å². The van der Waals surface area contributed by atoms with Gasteiger partial charge in [-0.1, -0.05) is 0 Å². The molecule has 0 amide bonds. The van der Waals surface area contributed by atoms with Crippen LogP contribution in [0.1, 0.15) is 6.42 Å². The van der Waals surface area contributed by atoms with Crippen molar-refractivity contribution in [2.45, 2.75) is 6.42 Å². The molecular formula is C5H10FS. The first-order valence-corrected chi connectivity index (χ1v) is 3.67. The summed E-state index contributed by atoms with van der Waals surface area (Å²) in [5.74, 6) is 1.05. The quantitative estimate of drug-likeness (QED) is 0.512. The Labute approximate surface area is 48.5 Å². The van der Waals surface area contributed by atoms with Crippen LogP contribution in [0.5, 0.6) is 0 Å². The van der Waals surface area contributed by atoms with Crippen molar-refractivity contribution in [1.29, 1.82) is 0 Å². The molecule has 0 aromatic rings. The zero-order valence-electron chi connectivity index (χ0n) is 4.48. The highest BCUT2D eigenvalue weighted by Crippen LogP contribution is 1.97. The summed E-state index contributed by atoms with van der Waals surface area (Å²) in [6.45, 7) is -0.277. The van der Waals surface area contributed by atoms with Crippen LogP contribution in [0, 0.1) is 6.42 Å². The van der Waals surface area contributed by atoms with E-state index in [4.69, 9.17) is 0 Å². The normalized spacial score (nSPS) is 9.43. The highest BCUT2D eigenvalue weighted by molar-refractivity contribution is 7.98. The monoisotopic (exact) mass is 121 g/mol. The Morgan fingerprint density at radius 1 is 1.71 bits per heavy atom. The molecule has 1 radical (unpaired) electrons. The predicted octanol–water partition coefficient (Wildman–Crippen LogP) is 1.91. The van der Waals surface area contributed by atoms with Gasteiger partial charge in [-0.05, 0) is 24.9 Å². The van der Waals surface area contributed by atoms with E-state index in [1.165, 1.54) is 0 Å². The van der Waals surface area contributed by atoms with Gasteiger partial charge in [-0.25, -0.2) is 0 Å². The highest BCUT2D eigenvalue weighted by atomic mass is 32.2. The third kappa shape index (κ3) is 6.28. The molecule has 43 valence electrons. The molecule has 0 N–H and O–H groups in total. The first kappa shape index (κ1) is 7.28. The van der Waals surface area contributed by atoms with Gasteiger partial charge in [-0.3, -0.25) is 4.39 Å². The molecule has 7 heavy (non-hydrogen) atoms. The molecule has 2 heteroatoms. The van der Waals surface area contributed by atoms with E-state index in [-0.39, 0.29) is 6.67 Å². The van der Waals surface area contributed by atoms with Gasteiger partial charge in [-0.15, -0.1) is 0 Å². The minimum absolute atomic E-state index is 0.277. The molecule has 0 spiro atoms. The summed E-state index contributed by atoms with van der Waals surface area (Å²) in [6, 6.07) is 0. The van der Waals surface area contributed by atoms with Crippen molar-refractivity contribution >= 4 is 11.8 Å². The third-order valence-electron chi connectivity index (χ3n) is 0.635. The van der Waals surface area contributed by atoms with E-state index in [1.54, 1.807) is 18.2 Å². The Kier molecular flexibility index (Phi) is 6.53. The van der Waals surface area contributed by atoms with Crippen LogP contribution in [-0.4, -0.2) is 18.7 Å². The van der Waals surface area contributed by atoms with Gasteiger partial charge >= 0.3 is 0 Å². The number of unbranched alkanes of at least 4 members (excludes halogenated alkanes) is 1. The standard InChI is InChI=1S/C5H10FS/c1-7-5-3-2-4-6/h2H,3-5H2,1H3. The Morgan fingerprint density at radius 2 is 2.43 bits per heavy atom. The summed E-state index contributed by atoms with van der Waals surface area (Å²) in [5.41, 5.74) is 0. The van der Waals surface area contributed by atoms with Crippen LogP contribution in [0.15, 0.2) is 0 Å². The molecule has 0 aliphatic rings. The lowest BCUT2D eigenvalue weighted by Crippen LogP contribution is -1.80. The Morgan fingerprint density at radius 3 is 2.86 bits per heavy atom. The fourth-order valence-electron chi connectivity index (χ4n) is 0.278. The van der Waals surface area contributed by atoms with Crippen LogP contribution < -0.4 is 0 Å². The maximum atomic E-state index is 11.3. The van der Waals surface area contributed by atoms with Crippen molar-refractivity contribution in [3.05, 3.63) is 6.42 Å². The summed E-state index contributed by atoms with van der Waals surface area (Å²) in [7, 11) is 0. The number of thioether (sulfide) groups is 1. The molecular weight excluding hydrogens is 111 g/mol. The molecule has 0 nitrogen and oxygen atoms in total. The lowest BCUT2D eigenvalue weighted by Gasteiger charge is -1.88. The summed E-state index contributed by atoms with van der Waals surface area (Å²) in [6.07, 6.45) is 4.57. The van der Waals surface area contributed by atoms with Gasteiger partial charge in [-0.2, -0.15) is 11.8 Å². The summed E-state index contributed by atoms with van der Waals surface area (Å²) < 4.78 is 11.3. The van der Waals surface area contributed by atoms with E-state index in [9.17, 15) is 4.39 Å². The second-order valence-corrected chi connectivity index (χ2v) is 2.21. The molecule has 0 heterocycles. The lowest BCUT2D eigenvalue weighted by molar-refractivity contribution is 0.531. The average Bonchev–Trinajstić information content (AvgIpc) is 1.69. The number of halogens is 1. The number of hydrogen-bond donors (Lipinski definition) is 0. The Bertz CT molecular complexity index is 27.3. The molecule has 0 saturated carbocycles. The van der Waals surface area contributed by atoms with Gasteiger partial charge in [0.1, 0.15) is 0 Å². The van der Waals surface area contributed by atoms with Crippen LogP contribution >= 0.6 is 11.8 Å². The first-order chi connectivity index (χ1) is 3.41. The maximum absolute atomic E-state index is 11.3. The summed E-state index contributed by atoms with van der Waals surface area (Å²) in [5, 5.41) is 0. The van der Waals surface area contributed by atoms with Crippen LogP contribution in [0.3, 0.4) is 0 Å². The van der Waals surface area contributed by atoms with E-state index in [2.05, 4.69) is 0 Å². The number of rotatable bonds is 4. The van der Waals surface area contributed by atoms with E-state index in [1.807, 2.05) is 6.26 Å². The molecule has 0 atom stereocenters. The zero-order valence-corrected chi connectivity index (χ0v) is 5.30. The Hall–Kier alpha value is 0.280. The van der Waals surface area contributed by atoms with E-state index < -0.39 is 0 Å². The Balaban J connectivity index is 2.45. The second kappa shape index (κ2) is 6.28. The predicted molar refractivity (Wildman–Crippen MR) is 33.3 cm³/mol. The van der Waals surface area contributed by atoms with Crippen molar-refractivity contribution in [1.82, 2.24) is 0 Å². The van der Waals surface area contributed by atoms with Crippen molar-refractivity contribution in [2.24, 2.45) is 0 Å². The van der Waals surface area contributed by atoms with E-state index in [0.717, 1.165) is 12.2 Å². The number of alkyl halides is 1. The van der Waals surface area contributed by atoms with Crippen molar-refractivity contribution in [2.75, 3.05) is 18.7 Å². The van der Waals surface area contributed by atoms with Crippen molar-refractivity contribution in [3.63, 3.8) is 0 Å². The minimum atomic E-state index is -0.277.